The minimum atomic E-state index is -0.00182. The second-order valence-corrected chi connectivity index (χ2v) is 8.12. The molecule has 0 atom stereocenters. The van der Waals surface area contributed by atoms with Gasteiger partial charge in [0, 0.05) is 32.6 Å². The largest absolute Gasteiger partial charge is 0.493 e. The van der Waals surface area contributed by atoms with E-state index in [2.05, 4.69) is 6.92 Å². The SMILES string of the molecule is CCCCCC(=O)N(CCN(C)C)CC(=O)N1CCc2cc(OC)c(OC)cc2C1. The molecular formula is C23H37N3O4. The number of carbonyl (C=O) groups excluding carboxylic acids is 2. The van der Waals surface area contributed by atoms with Crippen molar-refractivity contribution in [2.75, 3.05) is 54.5 Å². The number of ether oxygens (including phenoxy) is 2. The monoisotopic (exact) mass is 419 g/mol. The third-order valence-electron chi connectivity index (χ3n) is 5.56. The molecule has 0 fully saturated rings. The van der Waals surface area contributed by atoms with E-state index in [1.807, 2.05) is 36.0 Å². The first-order valence-electron chi connectivity index (χ1n) is 10.8. The van der Waals surface area contributed by atoms with Crippen LogP contribution in [0.15, 0.2) is 12.1 Å². The number of benzene rings is 1. The highest BCUT2D eigenvalue weighted by Crippen LogP contribution is 2.33. The Bertz CT molecular complexity index is 721. The molecule has 0 aromatic heterocycles. The molecule has 0 spiro atoms. The standard InChI is InChI=1S/C23H37N3O4/c1-6-7-8-9-22(27)26(13-12-24(2)3)17-23(28)25-11-10-18-14-20(29-4)21(30-5)15-19(18)16-25/h14-15H,6-13,16-17H2,1-5H3. The van der Waals surface area contributed by atoms with E-state index in [0.29, 0.717) is 37.6 Å². The fourth-order valence-electron chi connectivity index (χ4n) is 3.66. The summed E-state index contributed by atoms with van der Waals surface area (Å²) < 4.78 is 10.8. The van der Waals surface area contributed by atoms with Crippen LogP contribution in [0.3, 0.4) is 0 Å². The highest BCUT2D eigenvalue weighted by molar-refractivity contribution is 5.85. The van der Waals surface area contributed by atoms with Gasteiger partial charge in [0.05, 0.1) is 20.8 Å². The van der Waals surface area contributed by atoms with Crippen molar-refractivity contribution in [2.45, 2.75) is 45.6 Å². The van der Waals surface area contributed by atoms with Crippen LogP contribution in [0.2, 0.25) is 0 Å². The summed E-state index contributed by atoms with van der Waals surface area (Å²) in [7, 11) is 7.20. The van der Waals surface area contributed by atoms with E-state index < -0.39 is 0 Å². The molecule has 0 aliphatic carbocycles. The molecule has 0 radical (unpaired) electrons. The Kier molecular flexibility index (Phi) is 9.43. The van der Waals surface area contributed by atoms with E-state index in [0.717, 1.165) is 37.8 Å². The Labute approximate surface area is 180 Å². The topological polar surface area (TPSA) is 62.3 Å². The smallest absolute Gasteiger partial charge is 0.242 e. The van der Waals surface area contributed by atoms with E-state index in [1.54, 1.807) is 19.1 Å². The van der Waals surface area contributed by atoms with Crippen LogP contribution in [0, 0.1) is 0 Å². The average molecular weight is 420 g/mol. The molecule has 0 saturated heterocycles. The minimum Gasteiger partial charge on any atom is -0.493 e. The Morgan fingerprint density at radius 3 is 2.30 bits per heavy atom. The normalized spacial score (nSPS) is 13.2. The molecule has 2 rings (SSSR count). The van der Waals surface area contributed by atoms with Crippen molar-refractivity contribution in [2.24, 2.45) is 0 Å². The van der Waals surface area contributed by atoms with Gasteiger partial charge in [0.15, 0.2) is 11.5 Å². The third kappa shape index (κ3) is 6.62. The quantitative estimate of drug-likeness (QED) is 0.516. The number of likely N-dealkylation sites (N-methyl/N-ethyl adjacent to an activating group) is 1. The first kappa shape index (κ1) is 24.0. The molecule has 0 saturated carbocycles. The van der Waals surface area contributed by atoms with Crippen LogP contribution in [0.25, 0.3) is 0 Å². The maximum Gasteiger partial charge on any atom is 0.242 e. The summed E-state index contributed by atoms with van der Waals surface area (Å²) in [6.07, 6.45) is 4.26. The van der Waals surface area contributed by atoms with Gasteiger partial charge in [0.2, 0.25) is 11.8 Å². The van der Waals surface area contributed by atoms with Gasteiger partial charge < -0.3 is 24.2 Å². The summed E-state index contributed by atoms with van der Waals surface area (Å²) >= 11 is 0. The maximum absolute atomic E-state index is 13.0. The second-order valence-electron chi connectivity index (χ2n) is 8.12. The van der Waals surface area contributed by atoms with Crippen molar-refractivity contribution < 1.29 is 19.1 Å². The molecule has 0 bridgehead atoms. The lowest BCUT2D eigenvalue weighted by atomic mass is 9.98. The summed E-state index contributed by atoms with van der Waals surface area (Å²) in [6.45, 7) is 4.75. The molecule has 7 heteroatoms. The molecule has 1 aromatic rings. The fraction of sp³-hybridized carbons (Fsp3) is 0.652. The lowest BCUT2D eigenvalue weighted by molar-refractivity contribution is -0.141. The molecular weight excluding hydrogens is 382 g/mol. The summed E-state index contributed by atoms with van der Waals surface area (Å²) in [5, 5.41) is 0. The van der Waals surface area contributed by atoms with Crippen molar-refractivity contribution in [3.8, 4) is 11.5 Å². The predicted molar refractivity (Wildman–Crippen MR) is 118 cm³/mol. The zero-order valence-corrected chi connectivity index (χ0v) is 19.2. The van der Waals surface area contributed by atoms with E-state index >= 15 is 0 Å². The summed E-state index contributed by atoms with van der Waals surface area (Å²) in [5.41, 5.74) is 2.25. The fourth-order valence-corrected chi connectivity index (χ4v) is 3.66. The molecule has 1 heterocycles. The molecule has 1 aliphatic heterocycles. The Hall–Kier alpha value is -2.28. The minimum absolute atomic E-state index is 0.00182. The molecule has 1 aliphatic rings. The van der Waals surface area contributed by atoms with Crippen LogP contribution in [-0.4, -0.2) is 81.0 Å². The van der Waals surface area contributed by atoms with Gasteiger partial charge >= 0.3 is 0 Å². The van der Waals surface area contributed by atoms with Crippen molar-refractivity contribution >= 4 is 11.8 Å². The zero-order valence-electron chi connectivity index (χ0n) is 19.2. The summed E-state index contributed by atoms with van der Waals surface area (Å²) in [5.74, 6) is 1.45. The number of hydrogen-bond acceptors (Lipinski definition) is 5. The van der Waals surface area contributed by atoms with Crippen LogP contribution >= 0.6 is 0 Å². The van der Waals surface area contributed by atoms with Gasteiger partial charge in [-0.2, -0.15) is 0 Å². The van der Waals surface area contributed by atoms with Crippen LogP contribution in [0.5, 0.6) is 11.5 Å². The maximum atomic E-state index is 13.0. The van der Waals surface area contributed by atoms with Crippen molar-refractivity contribution in [3.63, 3.8) is 0 Å². The Balaban J connectivity index is 2.05. The number of rotatable bonds is 11. The summed E-state index contributed by atoms with van der Waals surface area (Å²) in [4.78, 5) is 31.3. The zero-order chi connectivity index (χ0) is 22.1. The summed E-state index contributed by atoms with van der Waals surface area (Å²) in [6, 6.07) is 3.95. The first-order chi connectivity index (χ1) is 14.4. The van der Waals surface area contributed by atoms with Crippen LogP contribution in [-0.2, 0) is 22.6 Å². The highest BCUT2D eigenvalue weighted by Gasteiger charge is 2.25. The number of nitrogens with zero attached hydrogens (tertiary/aromatic N) is 3. The number of methoxy groups -OCH3 is 2. The molecule has 0 N–H and O–H groups in total. The molecule has 2 amide bonds. The van der Waals surface area contributed by atoms with Crippen molar-refractivity contribution in [1.82, 2.24) is 14.7 Å². The van der Waals surface area contributed by atoms with Gasteiger partial charge in [0.1, 0.15) is 0 Å². The lowest BCUT2D eigenvalue weighted by Gasteiger charge is -2.32. The molecule has 1 aromatic carbocycles. The van der Waals surface area contributed by atoms with Gasteiger partial charge in [-0.1, -0.05) is 19.8 Å². The third-order valence-corrected chi connectivity index (χ3v) is 5.56. The second kappa shape index (κ2) is 11.8. The van der Waals surface area contributed by atoms with Gasteiger partial charge in [0.25, 0.3) is 0 Å². The average Bonchev–Trinajstić information content (AvgIpc) is 2.74. The predicted octanol–water partition coefficient (Wildman–Crippen LogP) is 2.56. The number of unbranched alkanes of at least 4 members (excludes halogenated alkanes) is 2. The van der Waals surface area contributed by atoms with E-state index in [1.165, 1.54) is 5.56 Å². The van der Waals surface area contributed by atoms with Crippen LogP contribution in [0.1, 0.15) is 43.7 Å². The van der Waals surface area contributed by atoms with Gasteiger partial charge in [-0.05, 0) is 50.2 Å². The molecule has 168 valence electrons. The Morgan fingerprint density at radius 1 is 1.03 bits per heavy atom. The number of carbonyl (C=O) groups is 2. The number of amides is 2. The van der Waals surface area contributed by atoms with Crippen LogP contribution in [0.4, 0.5) is 0 Å². The van der Waals surface area contributed by atoms with E-state index in [9.17, 15) is 9.59 Å². The highest BCUT2D eigenvalue weighted by atomic mass is 16.5. The lowest BCUT2D eigenvalue weighted by Crippen LogP contribution is -2.46. The van der Waals surface area contributed by atoms with E-state index in [-0.39, 0.29) is 18.4 Å². The van der Waals surface area contributed by atoms with Gasteiger partial charge in [-0.3, -0.25) is 9.59 Å². The molecule has 7 nitrogen and oxygen atoms in total. The first-order valence-corrected chi connectivity index (χ1v) is 10.8. The van der Waals surface area contributed by atoms with Crippen LogP contribution < -0.4 is 9.47 Å². The van der Waals surface area contributed by atoms with Crippen molar-refractivity contribution in [1.29, 1.82) is 0 Å². The van der Waals surface area contributed by atoms with E-state index in [4.69, 9.17) is 9.47 Å². The Morgan fingerprint density at radius 2 is 1.70 bits per heavy atom. The number of fused-ring (bicyclic) bond motifs is 1. The molecule has 30 heavy (non-hydrogen) atoms. The van der Waals surface area contributed by atoms with Crippen molar-refractivity contribution in [3.05, 3.63) is 23.3 Å². The molecule has 0 unspecified atom stereocenters. The van der Waals surface area contributed by atoms with Gasteiger partial charge in [-0.15, -0.1) is 0 Å². The van der Waals surface area contributed by atoms with Gasteiger partial charge in [-0.25, -0.2) is 0 Å². The number of hydrogen-bond donors (Lipinski definition) is 0.